The van der Waals surface area contributed by atoms with E-state index in [1.807, 2.05) is 0 Å². The fourth-order valence-corrected chi connectivity index (χ4v) is 4.60. The van der Waals surface area contributed by atoms with Crippen molar-refractivity contribution in [2.24, 2.45) is 0 Å². The number of aromatic nitrogens is 2. The Labute approximate surface area is 182 Å². The van der Waals surface area contributed by atoms with E-state index in [0.717, 1.165) is 18.3 Å². The summed E-state index contributed by atoms with van der Waals surface area (Å²) in [6.45, 7) is 1.52. The lowest BCUT2D eigenvalue weighted by Gasteiger charge is -2.32. The first-order chi connectivity index (χ1) is 15.0. The topological polar surface area (TPSA) is 88.3 Å². The van der Waals surface area contributed by atoms with Crippen LogP contribution in [-0.2, 0) is 10.2 Å². The van der Waals surface area contributed by atoms with E-state index >= 15 is 0 Å². The molecule has 2 aromatic heterocycles. The van der Waals surface area contributed by atoms with Crippen LogP contribution in [0.3, 0.4) is 0 Å². The van der Waals surface area contributed by atoms with Crippen LogP contribution >= 0.6 is 11.6 Å². The van der Waals surface area contributed by atoms with Gasteiger partial charge in [-0.05, 0) is 24.6 Å². The number of pyridine rings is 1. The highest BCUT2D eigenvalue weighted by atomic mass is 35.5. The van der Waals surface area contributed by atoms with Crippen molar-refractivity contribution in [2.75, 3.05) is 32.2 Å². The van der Waals surface area contributed by atoms with Gasteiger partial charge < -0.3 is 25.1 Å². The standard InChI is InChI=1S/C22H20ClFN4O3/c1-30-19-13(23)3-2-4-15(19)27-18-16-20(22(6-8-31-11-22)10-26-21(16)29)28-17(18)12-5-7-25-9-14(12)24/h2-5,7,9,27-28H,6,8,10-11H2,1H3,(H,26,29). The average Bonchev–Trinajstić information content (AvgIpc) is 3.38. The number of anilines is 2. The number of rotatable bonds is 4. The molecule has 0 bridgehead atoms. The summed E-state index contributed by atoms with van der Waals surface area (Å²) in [7, 11) is 1.51. The number of methoxy groups -OCH3 is 1. The maximum Gasteiger partial charge on any atom is 0.255 e. The van der Waals surface area contributed by atoms with Crippen LogP contribution in [0.4, 0.5) is 15.8 Å². The molecular weight excluding hydrogens is 423 g/mol. The summed E-state index contributed by atoms with van der Waals surface area (Å²) in [6.07, 6.45) is 3.41. The molecule has 160 valence electrons. The van der Waals surface area contributed by atoms with Crippen LogP contribution in [0.1, 0.15) is 22.5 Å². The molecule has 1 fully saturated rings. The summed E-state index contributed by atoms with van der Waals surface area (Å²) in [5, 5.41) is 6.66. The number of aromatic amines is 1. The minimum Gasteiger partial charge on any atom is -0.493 e. The maximum absolute atomic E-state index is 14.8. The van der Waals surface area contributed by atoms with Gasteiger partial charge in [-0.25, -0.2) is 4.39 Å². The number of benzene rings is 1. The van der Waals surface area contributed by atoms with Crippen LogP contribution in [0.2, 0.25) is 5.02 Å². The maximum atomic E-state index is 14.8. The number of para-hydroxylation sites is 1. The smallest absolute Gasteiger partial charge is 0.255 e. The largest absolute Gasteiger partial charge is 0.493 e. The molecule has 1 spiro atoms. The molecule has 3 aromatic rings. The van der Waals surface area contributed by atoms with Crippen molar-refractivity contribution < 1.29 is 18.7 Å². The van der Waals surface area contributed by atoms with Gasteiger partial charge in [0.1, 0.15) is 0 Å². The van der Waals surface area contributed by atoms with Crippen LogP contribution in [-0.4, -0.2) is 42.7 Å². The van der Waals surface area contributed by atoms with Gasteiger partial charge in [0.2, 0.25) is 0 Å². The first-order valence-corrected chi connectivity index (χ1v) is 10.2. The summed E-state index contributed by atoms with van der Waals surface area (Å²) >= 11 is 6.29. The number of nitrogens with one attached hydrogen (secondary N) is 3. The average molecular weight is 443 g/mol. The predicted octanol–water partition coefficient (Wildman–Crippen LogP) is 4.02. The third-order valence-electron chi connectivity index (χ3n) is 5.92. The molecule has 5 rings (SSSR count). The van der Waals surface area contributed by atoms with Gasteiger partial charge >= 0.3 is 0 Å². The lowest BCUT2D eigenvalue weighted by Crippen LogP contribution is -2.47. The van der Waals surface area contributed by atoms with Gasteiger partial charge in [-0.2, -0.15) is 0 Å². The summed E-state index contributed by atoms with van der Waals surface area (Å²) < 4.78 is 25.9. The van der Waals surface area contributed by atoms with Crippen molar-refractivity contribution >= 4 is 28.9 Å². The number of nitrogens with zero attached hydrogens (tertiary/aromatic N) is 1. The molecule has 0 aliphatic carbocycles. The van der Waals surface area contributed by atoms with Crippen molar-refractivity contribution in [3.63, 3.8) is 0 Å². The Kier molecular flexibility index (Phi) is 4.83. The number of H-pyrrole nitrogens is 1. The summed E-state index contributed by atoms with van der Waals surface area (Å²) in [6, 6.07) is 6.83. The Morgan fingerprint density at radius 3 is 2.97 bits per heavy atom. The lowest BCUT2D eigenvalue weighted by molar-refractivity contribution is 0.0917. The zero-order valence-electron chi connectivity index (χ0n) is 16.7. The summed E-state index contributed by atoms with van der Waals surface area (Å²) in [5.74, 6) is -0.317. The van der Waals surface area contributed by atoms with Gasteiger partial charge in [-0.3, -0.25) is 9.78 Å². The van der Waals surface area contributed by atoms with E-state index in [2.05, 4.69) is 20.6 Å². The number of fused-ring (bicyclic) bond motifs is 2. The molecule has 1 amide bonds. The number of carbonyl (C=O) groups excluding carboxylic acids is 1. The molecule has 1 atom stereocenters. The molecule has 2 aliphatic heterocycles. The monoisotopic (exact) mass is 442 g/mol. The molecule has 0 radical (unpaired) electrons. The Morgan fingerprint density at radius 2 is 2.23 bits per heavy atom. The van der Waals surface area contributed by atoms with Gasteiger partial charge in [-0.15, -0.1) is 0 Å². The molecule has 9 heteroatoms. The number of carbonyl (C=O) groups is 1. The predicted molar refractivity (Wildman–Crippen MR) is 115 cm³/mol. The van der Waals surface area contributed by atoms with Crippen LogP contribution in [0.25, 0.3) is 11.3 Å². The third kappa shape index (κ3) is 3.14. The highest BCUT2D eigenvalue weighted by Gasteiger charge is 2.46. The highest BCUT2D eigenvalue weighted by Crippen LogP contribution is 2.46. The van der Waals surface area contributed by atoms with Crippen molar-refractivity contribution in [3.05, 3.63) is 58.8 Å². The third-order valence-corrected chi connectivity index (χ3v) is 6.22. The Morgan fingerprint density at radius 1 is 1.35 bits per heavy atom. The van der Waals surface area contributed by atoms with Gasteiger partial charge in [0.15, 0.2) is 11.6 Å². The minimum absolute atomic E-state index is 0.243. The molecular formula is C22H20ClFN4O3. The Hall–Kier alpha value is -3.10. The molecule has 1 saturated heterocycles. The second-order valence-corrected chi connectivity index (χ2v) is 8.10. The molecule has 1 aromatic carbocycles. The Balaban J connectivity index is 1.75. The van der Waals surface area contributed by atoms with E-state index in [0.29, 0.717) is 58.7 Å². The number of halogens is 2. The number of hydrogen-bond donors (Lipinski definition) is 3. The summed E-state index contributed by atoms with van der Waals surface area (Å²) in [4.78, 5) is 20.2. The first kappa shape index (κ1) is 19.8. The Bertz CT molecular complexity index is 1170. The van der Waals surface area contributed by atoms with Crippen molar-refractivity contribution in [2.45, 2.75) is 11.8 Å². The first-order valence-electron chi connectivity index (χ1n) is 9.86. The molecule has 7 nitrogen and oxygen atoms in total. The minimum atomic E-state index is -0.501. The SMILES string of the molecule is COc1c(Cl)cccc1Nc1c(-c2ccncc2F)[nH]c2c1C(=O)NCC21CCOC1. The number of ether oxygens (including phenoxy) is 2. The molecule has 31 heavy (non-hydrogen) atoms. The van der Waals surface area contributed by atoms with Crippen LogP contribution in [0, 0.1) is 5.82 Å². The van der Waals surface area contributed by atoms with Crippen molar-refractivity contribution in [1.29, 1.82) is 0 Å². The van der Waals surface area contributed by atoms with E-state index < -0.39 is 5.82 Å². The van der Waals surface area contributed by atoms with Crippen molar-refractivity contribution in [3.8, 4) is 17.0 Å². The van der Waals surface area contributed by atoms with Crippen LogP contribution in [0.5, 0.6) is 5.75 Å². The second kappa shape index (κ2) is 7.55. The molecule has 3 N–H and O–H groups in total. The van der Waals surface area contributed by atoms with E-state index in [4.69, 9.17) is 21.1 Å². The van der Waals surface area contributed by atoms with E-state index in [1.165, 1.54) is 13.3 Å². The van der Waals surface area contributed by atoms with E-state index in [1.54, 1.807) is 24.3 Å². The number of hydrogen-bond acceptors (Lipinski definition) is 5. The van der Waals surface area contributed by atoms with Crippen molar-refractivity contribution in [1.82, 2.24) is 15.3 Å². The van der Waals surface area contributed by atoms with E-state index in [9.17, 15) is 9.18 Å². The second-order valence-electron chi connectivity index (χ2n) is 7.69. The molecule has 4 heterocycles. The number of amides is 1. The fraction of sp³-hybridized carbons (Fsp3) is 0.273. The molecule has 1 unspecified atom stereocenters. The van der Waals surface area contributed by atoms with Gasteiger partial charge in [0.25, 0.3) is 5.91 Å². The quantitative estimate of drug-likeness (QED) is 0.568. The zero-order valence-corrected chi connectivity index (χ0v) is 17.5. The lowest BCUT2D eigenvalue weighted by atomic mass is 9.79. The zero-order chi connectivity index (χ0) is 21.6. The van der Waals surface area contributed by atoms with Gasteiger partial charge in [0.05, 0.1) is 53.0 Å². The van der Waals surface area contributed by atoms with E-state index in [-0.39, 0.29) is 11.3 Å². The van der Waals surface area contributed by atoms with Crippen LogP contribution < -0.4 is 15.4 Å². The highest BCUT2D eigenvalue weighted by molar-refractivity contribution is 6.32. The molecule has 2 aliphatic rings. The van der Waals surface area contributed by atoms with Crippen LogP contribution in [0.15, 0.2) is 36.7 Å². The van der Waals surface area contributed by atoms with Gasteiger partial charge in [-0.1, -0.05) is 17.7 Å². The fourth-order valence-electron chi connectivity index (χ4n) is 4.35. The summed E-state index contributed by atoms with van der Waals surface area (Å²) in [5.41, 5.74) is 2.55. The molecule has 0 saturated carbocycles. The van der Waals surface area contributed by atoms with Gasteiger partial charge in [0, 0.05) is 30.6 Å². The normalized spacial score (nSPS) is 19.9.